The van der Waals surface area contributed by atoms with Crippen molar-refractivity contribution in [1.29, 1.82) is 0 Å². The van der Waals surface area contributed by atoms with Gasteiger partial charge >= 0.3 is 0 Å². The van der Waals surface area contributed by atoms with Gasteiger partial charge in [-0.2, -0.15) is 0 Å². The molecular formula is C21H16FN3OS3. The topological polar surface area (TPSA) is 54.9 Å². The van der Waals surface area contributed by atoms with Crippen LogP contribution in [0, 0.1) is 12.7 Å². The number of rotatable bonds is 6. The van der Waals surface area contributed by atoms with E-state index in [1.165, 1.54) is 52.1 Å². The molecule has 4 rings (SSSR count). The van der Waals surface area contributed by atoms with E-state index in [1.54, 1.807) is 12.1 Å². The second kappa shape index (κ2) is 8.86. The molecule has 8 heteroatoms. The van der Waals surface area contributed by atoms with Gasteiger partial charge in [0.25, 0.3) is 0 Å². The molecule has 0 spiro atoms. The SMILES string of the molecule is Cc1ccc(-c2csc(SCC(=O)Nc3nc(-c4ccc(F)cc4)cs3)n2)cc1. The Kier molecular flexibility index (Phi) is 6.03. The number of nitrogens with zero attached hydrogens (tertiary/aromatic N) is 2. The lowest BCUT2D eigenvalue weighted by molar-refractivity contribution is -0.113. The summed E-state index contributed by atoms with van der Waals surface area (Å²) in [7, 11) is 0. The predicted octanol–water partition coefficient (Wildman–Crippen LogP) is 6.11. The summed E-state index contributed by atoms with van der Waals surface area (Å²) in [6, 6.07) is 14.3. The minimum atomic E-state index is -0.290. The van der Waals surface area contributed by atoms with Crippen molar-refractivity contribution in [2.75, 3.05) is 11.1 Å². The molecule has 2 aromatic heterocycles. The fourth-order valence-corrected chi connectivity index (χ4v) is 4.92. The highest BCUT2D eigenvalue weighted by Gasteiger charge is 2.11. The second-order valence-corrected chi connectivity index (χ2v) is 9.18. The summed E-state index contributed by atoms with van der Waals surface area (Å²) in [5, 5.41) is 7.17. The fourth-order valence-electron chi connectivity index (χ4n) is 2.55. The third kappa shape index (κ3) is 5.09. The van der Waals surface area contributed by atoms with E-state index in [0.29, 0.717) is 10.8 Å². The summed E-state index contributed by atoms with van der Waals surface area (Å²) in [6.45, 7) is 2.05. The third-order valence-electron chi connectivity index (χ3n) is 4.05. The maximum absolute atomic E-state index is 13.0. The number of benzene rings is 2. The monoisotopic (exact) mass is 441 g/mol. The summed E-state index contributed by atoms with van der Waals surface area (Å²) in [5.41, 5.74) is 4.71. The summed E-state index contributed by atoms with van der Waals surface area (Å²) < 4.78 is 13.9. The van der Waals surface area contributed by atoms with E-state index in [9.17, 15) is 9.18 Å². The zero-order valence-electron chi connectivity index (χ0n) is 15.4. The van der Waals surface area contributed by atoms with E-state index in [4.69, 9.17) is 0 Å². The van der Waals surface area contributed by atoms with Crippen LogP contribution in [0.4, 0.5) is 9.52 Å². The van der Waals surface area contributed by atoms with Crippen LogP contribution in [0.15, 0.2) is 63.6 Å². The minimum absolute atomic E-state index is 0.137. The van der Waals surface area contributed by atoms with E-state index in [1.807, 2.05) is 22.9 Å². The molecule has 2 aromatic carbocycles. The van der Waals surface area contributed by atoms with Crippen LogP contribution in [0.25, 0.3) is 22.5 Å². The average molecular weight is 442 g/mol. The van der Waals surface area contributed by atoms with E-state index in [-0.39, 0.29) is 17.5 Å². The number of hydrogen-bond acceptors (Lipinski definition) is 6. The highest BCUT2D eigenvalue weighted by atomic mass is 32.2. The largest absolute Gasteiger partial charge is 0.301 e. The summed E-state index contributed by atoms with van der Waals surface area (Å²) in [5.74, 6) is -0.170. The number of thioether (sulfide) groups is 1. The molecule has 0 atom stereocenters. The maximum atomic E-state index is 13.0. The Morgan fingerprint density at radius 3 is 2.31 bits per heavy atom. The van der Waals surface area contributed by atoms with Crippen LogP contribution in [0.3, 0.4) is 0 Å². The van der Waals surface area contributed by atoms with Gasteiger partial charge in [0, 0.05) is 21.9 Å². The summed E-state index contributed by atoms with van der Waals surface area (Å²) >= 11 is 4.27. The molecule has 29 heavy (non-hydrogen) atoms. The number of carbonyl (C=O) groups is 1. The minimum Gasteiger partial charge on any atom is -0.301 e. The molecule has 146 valence electrons. The molecule has 0 unspecified atom stereocenters. The van der Waals surface area contributed by atoms with Crippen molar-refractivity contribution >= 4 is 45.5 Å². The molecule has 4 aromatic rings. The van der Waals surface area contributed by atoms with E-state index in [2.05, 4.69) is 34.3 Å². The number of amides is 1. The normalized spacial score (nSPS) is 10.8. The van der Waals surface area contributed by atoms with Gasteiger partial charge in [-0.3, -0.25) is 4.79 Å². The Hall–Kier alpha value is -2.55. The first-order valence-corrected chi connectivity index (χ1v) is 11.5. The Morgan fingerprint density at radius 2 is 1.59 bits per heavy atom. The number of anilines is 1. The van der Waals surface area contributed by atoms with Crippen molar-refractivity contribution < 1.29 is 9.18 Å². The molecule has 0 aliphatic carbocycles. The summed E-state index contributed by atoms with van der Waals surface area (Å²) in [4.78, 5) is 21.2. The van der Waals surface area contributed by atoms with Crippen LogP contribution in [0.1, 0.15) is 5.56 Å². The Morgan fingerprint density at radius 1 is 0.966 bits per heavy atom. The molecule has 0 aliphatic rings. The first-order valence-electron chi connectivity index (χ1n) is 8.73. The van der Waals surface area contributed by atoms with Gasteiger partial charge in [-0.25, -0.2) is 14.4 Å². The second-order valence-electron chi connectivity index (χ2n) is 6.25. The molecule has 1 N–H and O–H groups in total. The van der Waals surface area contributed by atoms with Crippen molar-refractivity contribution in [3.63, 3.8) is 0 Å². The average Bonchev–Trinajstić information content (AvgIpc) is 3.37. The molecule has 0 aliphatic heterocycles. The first kappa shape index (κ1) is 19.8. The number of nitrogens with one attached hydrogen (secondary N) is 1. The smallest absolute Gasteiger partial charge is 0.236 e. The molecule has 0 saturated heterocycles. The standard InChI is InChI=1S/C21H16FN3OS3/c1-13-2-4-14(5-3-13)18-11-28-21(24-18)29-12-19(26)25-20-23-17(10-27-20)15-6-8-16(22)9-7-15/h2-11H,12H2,1H3,(H,23,25,26). The van der Waals surface area contributed by atoms with Gasteiger partial charge in [0.05, 0.1) is 17.1 Å². The van der Waals surface area contributed by atoms with E-state index in [0.717, 1.165) is 21.2 Å². The van der Waals surface area contributed by atoms with Gasteiger partial charge in [-0.15, -0.1) is 22.7 Å². The number of aryl methyl sites for hydroxylation is 1. The van der Waals surface area contributed by atoms with Crippen molar-refractivity contribution in [3.05, 3.63) is 70.7 Å². The maximum Gasteiger partial charge on any atom is 0.236 e. The van der Waals surface area contributed by atoms with Gasteiger partial charge in [0.15, 0.2) is 9.47 Å². The first-order chi connectivity index (χ1) is 14.1. The molecular weight excluding hydrogens is 425 g/mol. The van der Waals surface area contributed by atoms with E-state index < -0.39 is 0 Å². The molecule has 0 radical (unpaired) electrons. The molecule has 0 saturated carbocycles. The zero-order valence-corrected chi connectivity index (χ0v) is 17.8. The number of carbonyl (C=O) groups excluding carboxylic acids is 1. The van der Waals surface area contributed by atoms with Crippen molar-refractivity contribution in [2.45, 2.75) is 11.3 Å². The van der Waals surface area contributed by atoms with Gasteiger partial charge < -0.3 is 5.32 Å². The van der Waals surface area contributed by atoms with Crippen LogP contribution in [-0.4, -0.2) is 21.6 Å². The fraction of sp³-hybridized carbons (Fsp3) is 0.0952. The lowest BCUT2D eigenvalue weighted by Gasteiger charge is -2.00. The van der Waals surface area contributed by atoms with Crippen LogP contribution in [0.5, 0.6) is 0 Å². The Bertz CT molecular complexity index is 1120. The molecule has 1 amide bonds. The van der Waals surface area contributed by atoms with Crippen molar-refractivity contribution in [2.24, 2.45) is 0 Å². The van der Waals surface area contributed by atoms with Gasteiger partial charge in [0.1, 0.15) is 5.82 Å². The van der Waals surface area contributed by atoms with E-state index >= 15 is 0 Å². The number of halogens is 1. The van der Waals surface area contributed by atoms with Crippen molar-refractivity contribution in [3.8, 4) is 22.5 Å². The third-order valence-corrected chi connectivity index (χ3v) is 6.83. The quantitative estimate of drug-likeness (QED) is 0.367. The van der Waals surface area contributed by atoms with Crippen LogP contribution in [0.2, 0.25) is 0 Å². The lowest BCUT2D eigenvalue weighted by Crippen LogP contribution is -2.13. The molecule has 4 nitrogen and oxygen atoms in total. The summed E-state index contributed by atoms with van der Waals surface area (Å²) in [6.07, 6.45) is 0. The van der Waals surface area contributed by atoms with Gasteiger partial charge in [-0.1, -0.05) is 41.6 Å². The highest BCUT2D eigenvalue weighted by molar-refractivity contribution is 8.01. The Labute approximate surface area is 179 Å². The highest BCUT2D eigenvalue weighted by Crippen LogP contribution is 2.29. The molecule has 2 heterocycles. The van der Waals surface area contributed by atoms with Crippen LogP contribution >= 0.6 is 34.4 Å². The van der Waals surface area contributed by atoms with Crippen molar-refractivity contribution in [1.82, 2.24) is 9.97 Å². The predicted molar refractivity (Wildman–Crippen MR) is 119 cm³/mol. The molecule has 0 bridgehead atoms. The lowest BCUT2D eigenvalue weighted by atomic mass is 10.1. The van der Waals surface area contributed by atoms with Gasteiger partial charge in [0.2, 0.25) is 5.91 Å². The molecule has 0 fully saturated rings. The van der Waals surface area contributed by atoms with Crippen LogP contribution < -0.4 is 5.32 Å². The number of thiazole rings is 2. The van der Waals surface area contributed by atoms with Gasteiger partial charge in [-0.05, 0) is 31.2 Å². The number of hydrogen-bond donors (Lipinski definition) is 1. The van der Waals surface area contributed by atoms with Crippen LogP contribution in [-0.2, 0) is 4.79 Å². The Balaban J connectivity index is 1.33. The number of aromatic nitrogens is 2. The zero-order chi connectivity index (χ0) is 20.2.